The number of ether oxygens (including phenoxy) is 2. The minimum Gasteiger partial charge on any atom is -0.490 e. The summed E-state index contributed by atoms with van der Waals surface area (Å²) in [6, 6.07) is 6.64. The summed E-state index contributed by atoms with van der Waals surface area (Å²) in [5.41, 5.74) is 0. The van der Waals surface area contributed by atoms with Crippen molar-refractivity contribution in [2.75, 3.05) is 39.4 Å². The van der Waals surface area contributed by atoms with Gasteiger partial charge in [-0.3, -0.25) is 4.90 Å². The molecule has 0 unspecified atom stereocenters. The number of rotatable bonds is 4. The van der Waals surface area contributed by atoms with Crippen LogP contribution < -0.4 is 9.47 Å². The molecule has 0 spiro atoms. The molecule has 1 aromatic carbocycles. The maximum atomic E-state index is 13.2. The third kappa shape index (κ3) is 3.91. The van der Waals surface area contributed by atoms with E-state index in [1.165, 1.54) is 4.31 Å². The molecule has 5 rings (SSSR count). The van der Waals surface area contributed by atoms with Crippen molar-refractivity contribution in [2.45, 2.75) is 18.0 Å². The Labute approximate surface area is 184 Å². The summed E-state index contributed by atoms with van der Waals surface area (Å²) < 4.78 is 43.2. The average Bonchev–Trinajstić information content (AvgIpc) is 2.94. The maximum Gasteiger partial charge on any atom is 0.251 e. The highest BCUT2D eigenvalue weighted by molar-refractivity contribution is 7.89. The van der Waals surface area contributed by atoms with E-state index in [-0.39, 0.29) is 4.90 Å². The van der Waals surface area contributed by atoms with E-state index in [1.54, 1.807) is 24.4 Å². The Kier molecular flexibility index (Phi) is 5.38. The fourth-order valence-corrected chi connectivity index (χ4v) is 5.41. The van der Waals surface area contributed by atoms with Crippen molar-refractivity contribution in [3.05, 3.63) is 41.4 Å². The Balaban J connectivity index is 1.29. The fraction of sp³-hybridized carbons (Fsp3) is 0.421. The lowest BCUT2D eigenvalue weighted by Gasteiger charge is -2.34. The van der Waals surface area contributed by atoms with Gasteiger partial charge in [-0.25, -0.2) is 22.6 Å². The zero-order chi connectivity index (χ0) is 21.4. The number of hydrogen-bond acceptors (Lipinski definition) is 8. The van der Waals surface area contributed by atoms with E-state index in [9.17, 15) is 8.42 Å². The first-order valence-electron chi connectivity index (χ1n) is 10.0. The van der Waals surface area contributed by atoms with Crippen LogP contribution in [0.5, 0.6) is 11.5 Å². The standard InChI is InChI=1S/C19H22N6O4S2/c26-31(27,15-3-4-16-17(13-15)29-12-2-11-28-16)23-9-7-22(8-10-23)14-25-19(30)21-18-20-5-1-6-24(18)25/h1,3-6,13H,2,7-12,14H2. The topological polar surface area (TPSA) is 94.2 Å². The first-order chi connectivity index (χ1) is 15.0. The summed E-state index contributed by atoms with van der Waals surface area (Å²) in [6.45, 7) is 3.53. The summed E-state index contributed by atoms with van der Waals surface area (Å²) >= 11 is 5.36. The van der Waals surface area contributed by atoms with Crippen molar-refractivity contribution in [1.29, 1.82) is 0 Å². The number of aromatic nitrogens is 4. The van der Waals surface area contributed by atoms with Crippen LogP contribution >= 0.6 is 12.2 Å². The van der Waals surface area contributed by atoms with E-state index in [0.717, 1.165) is 6.42 Å². The zero-order valence-electron chi connectivity index (χ0n) is 16.8. The Morgan fingerprint density at radius 2 is 1.84 bits per heavy atom. The Morgan fingerprint density at radius 1 is 1.06 bits per heavy atom. The molecule has 0 N–H and O–H groups in total. The molecule has 0 amide bonds. The van der Waals surface area contributed by atoms with Crippen LogP contribution in [-0.4, -0.2) is 76.2 Å². The smallest absolute Gasteiger partial charge is 0.251 e. The van der Waals surface area contributed by atoms with Gasteiger partial charge < -0.3 is 9.47 Å². The molecule has 31 heavy (non-hydrogen) atoms. The lowest BCUT2D eigenvalue weighted by Crippen LogP contribution is -2.49. The molecule has 0 saturated carbocycles. The van der Waals surface area contributed by atoms with Crippen molar-refractivity contribution in [3.8, 4) is 11.5 Å². The van der Waals surface area contributed by atoms with Crippen LogP contribution in [0.2, 0.25) is 0 Å². The van der Waals surface area contributed by atoms with E-state index in [1.807, 2.05) is 21.5 Å². The number of fused-ring (bicyclic) bond motifs is 2. The van der Waals surface area contributed by atoms with Gasteiger partial charge in [-0.2, -0.15) is 9.29 Å². The van der Waals surface area contributed by atoms with Gasteiger partial charge >= 0.3 is 0 Å². The van der Waals surface area contributed by atoms with Gasteiger partial charge in [0.1, 0.15) is 0 Å². The second-order valence-electron chi connectivity index (χ2n) is 7.38. The van der Waals surface area contributed by atoms with Gasteiger partial charge in [0, 0.05) is 51.1 Å². The maximum absolute atomic E-state index is 13.2. The summed E-state index contributed by atoms with van der Waals surface area (Å²) in [5.74, 6) is 1.61. The molecular formula is C19H22N6O4S2. The number of piperazine rings is 1. The van der Waals surface area contributed by atoms with Crippen molar-refractivity contribution in [1.82, 2.24) is 28.4 Å². The van der Waals surface area contributed by atoms with E-state index < -0.39 is 10.0 Å². The number of nitrogens with zero attached hydrogens (tertiary/aromatic N) is 6. The SMILES string of the molecule is O=S(=O)(c1ccc2c(c1)OCCCO2)N1CCN(Cn2c(=S)nc3ncccn32)CC1. The van der Waals surface area contributed by atoms with Crippen molar-refractivity contribution in [3.63, 3.8) is 0 Å². The van der Waals surface area contributed by atoms with Gasteiger partial charge in [0.15, 0.2) is 11.5 Å². The molecule has 4 heterocycles. The third-order valence-corrected chi connectivity index (χ3v) is 7.60. The van der Waals surface area contributed by atoms with Crippen LogP contribution in [0.1, 0.15) is 6.42 Å². The van der Waals surface area contributed by atoms with Gasteiger partial charge in [0.2, 0.25) is 14.8 Å². The molecule has 2 aromatic heterocycles. The Hall–Kier alpha value is -2.54. The monoisotopic (exact) mass is 462 g/mol. The summed E-state index contributed by atoms with van der Waals surface area (Å²) in [5, 5.41) is 0. The van der Waals surface area contributed by atoms with Gasteiger partial charge in [-0.05, 0) is 30.4 Å². The highest BCUT2D eigenvalue weighted by Gasteiger charge is 2.30. The van der Waals surface area contributed by atoms with Gasteiger partial charge in [0.05, 0.1) is 24.8 Å². The van der Waals surface area contributed by atoms with Crippen LogP contribution in [0, 0.1) is 4.77 Å². The second-order valence-corrected chi connectivity index (χ2v) is 9.68. The lowest BCUT2D eigenvalue weighted by atomic mass is 10.3. The molecule has 0 radical (unpaired) electrons. The summed E-state index contributed by atoms with van der Waals surface area (Å²) in [4.78, 5) is 10.9. The summed E-state index contributed by atoms with van der Waals surface area (Å²) in [6.07, 6.45) is 4.30. The average molecular weight is 463 g/mol. The normalized spacial score (nSPS) is 18.2. The van der Waals surface area contributed by atoms with Crippen LogP contribution in [0.25, 0.3) is 5.78 Å². The van der Waals surface area contributed by atoms with Crippen molar-refractivity contribution < 1.29 is 17.9 Å². The molecule has 164 valence electrons. The highest BCUT2D eigenvalue weighted by atomic mass is 32.2. The molecule has 0 aliphatic carbocycles. The number of hydrogen-bond donors (Lipinski definition) is 0. The van der Waals surface area contributed by atoms with Crippen LogP contribution in [0.15, 0.2) is 41.6 Å². The number of sulfonamides is 1. The zero-order valence-corrected chi connectivity index (χ0v) is 18.4. The minimum absolute atomic E-state index is 0.222. The molecule has 1 saturated heterocycles. The molecule has 10 nitrogen and oxygen atoms in total. The highest BCUT2D eigenvalue weighted by Crippen LogP contribution is 2.33. The predicted molar refractivity (Wildman–Crippen MR) is 114 cm³/mol. The summed E-state index contributed by atoms with van der Waals surface area (Å²) in [7, 11) is -3.62. The molecule has 2 aliphatic heterocycles. The van der Waals surface area contributed by atoms with Crippen LogP contribution in [-0.2, 0) is 16.7 Å². The molecule has 3 aromatic rings. The van der Waals surface area contributed by atoms with E-state index in [0.29, 0.717) is 68.1 Å². The van der Waals surface area contributed by atoms with Crippen LogP contribution in [0.4, 0.5) is 0 Å². The number of benzene rings is 1. The first kappa shape index (κ1) is 20.4. The van der Waals surface area contributed by atoms with E-state index in [2.05, 4.69) is 14.9 Å². The Morgan fingerprint density at radius 3 is 2.65 bits per heavy atom. The molecule has 2 aliphatic rings. The second kappa shape index (κ2) is 8.19. The van der Waals surface area contributed by atoms with E-state index in [4.69, 9.17) is 21.7 Å². The van der Waals surface area contributed by atoms with Crippen LogP contribution in [0.3, 0.4) is 0 Å². The van der Waals surface area contributed by atoms with Gasteiger partial charge in [0.25, 0.3) is 5.78 Å². The van der Waals surface area contributed by atoms with Gasteiger partial charge in [-0.1, -0.05) is 0 Å². The first-order valence-corrected chi connectivity index (χ1v) is 11.9. The predicted octanol–water partition coefficient (Wildman–Crippen LogP) is 1.39. The molecule has 0 bridgehead atoms. The van der Waals surface area contributed by atoms with E-state index >= 15 is 0 Å². The quantitative estimate of drug-likeness (QED) is 0.537. The molecule has 1 fully saturated rings. The lowest BCUT2D eigenvalue weighted by molar-refractivity contribution is 0.142. The molecular weight excluding hydrogens is 440 g/mol. The molecule has 0 atom stereocenters. The Bertz CT molecular complexity index is 1260. The fourth-order valence-electron chi connectivity index (χ4n) is 3.74. The minimum atomic E-state index is -3.62. The largest absolute Gasteiger partial charge is 0.490 e. The molecule has 12 heteroatoms. The van der Waals surface area contributed by atoms with Gasteiger partial charge in [-0.15, -0.1) is 0 Å². The van der Waals surface area contributed by atoms with Crippen molar-refractivity contribution >= 4 is 28.0 Å². The van der Waals surface area contributed by atoms with Crippen molar-refractivity contribution in [2.24, 2.45) is 0 Å². The third-order valence-electron chi connectivity index (χ3n) is 5.41.